The van der Waals surface area contributed by atoms with Crippen LogP contribution in [0.1, 0.15) is 41.0 Å². The normalized spacial score (nSPS) is 12.0. The molecule has 8 nitrogen and oxygen atoms in total. The van der Waals surface area contributed by atoms with Crippen LogP contribution in [0.5, 0.6) is 0 Å². The summed E-state index contributed by atoms with van der Waals surface area (Å²) in [5.74, 6) is -5.81. The fourth-order valence-corrected chi connectivity index (χ4v) is 2.30. The van der Waals surface area contributed by atoms with Crippen LogP contribution in [0, 0.1) is 11.3 Å². The van der Waals surface area contributed by atoms with Crippen LogP contribution in [-0.4, -0.2) is 50.3 Å². The average molecular weight is 346 g/mol. The van der Waals surface area contributed by atoms with E-state index in [1.807, 2.05) is 0 Å². The molecule has 0 aromatic rings. The van der Waals surface area contributed by atoms with E-state index in [1.54, 1.807) is 13.8 Å². The van der Waals surface area contributed by atoms with E-state index in [1.165, 1.54) is 20.8 Å². The number of hydrogen-bond acceptors (Lipinski definition) is 8. The number of hydrogen-bond donors (Lipinski definition) is 0. The van der Waals surface area contributed by atoms with Crippen molar-refractivity contribution in [2.24, 2.45) is 11.3 Å². The van der Waals surface area contributed by atoms with Gasteiger partial charge in [0.2, 0.25) is 0 Å². The van der Waals surface area contributed by atoms with Gasteiger partial charge < -0.3 is 18.9 Å². The van der Waals surface area contributed by atoms with Crippen LogP contribution in [0.3, 0.4) is 0 Å². The highest BCUT2D eigenvalue weighted by Gasteiger charge is 2.65. The summed E-state index contributed by atoms with van der Waals surface area (Å²) >= 11 is 0. The molecule has 24 heavy (non-hydrogen) atoms. The summed E-state index contributed by atoms with van der Waals surface area (Å²) in [5.41, 5.74) is -2.54. The molecule has 0 saturated heterocycles. The van der Waals surface area contributed by atoms with Crippen LogP contribution in [0.2, 0.25) is 0 Å². The molecule has 0 rings (SSSR count). The molecular weight excluding hydrogens is 320 g/mol. The minimum Gasteiger partial charge on any atom is -0.466 e. The number of esters is 4. The smallest absolute Gasteiger partial charge is 0.336 e. The van der Waals surface area contributed by atoms with E-state index in [2.05, 4.69) is 0 Å². The lowest BCUT2D eigenvalue weighted by Gasteiger charge is -2.32. The first-order valence-electron chi connectivity index (χ1n) is 8.06. The molecule has 0 aliphatic rings. The van der Waals surface area contributed by atoms with Gasteiger partial charge in [-0.05, 0) is 34.1 Å². The minimum atomic E-state index is -2.54. The number of ether oxygens (including phenoxy) is 4. The van der Waals surface area contributed by atoms with Gasteiger partial charge in [0, 0.05) is 0 Å². The van der Waals surface area contributed by atoms with Crippen LogP contribution < -0.4 is 0 Å². The molecule has 0 amide bonds. The molecule has 0 aromatic heterocycles. The van der Waals surface area contributed by atoms with Gasteiger partial charge in [0.1, 0.15) is 0 Å². The quantitative estimate of drug-likeness (QED) is 0.331. The van der Waals surface area contributed by atoms with Crippen molar-refractivity contribution in [3.05, 3.63) is 0 Å². The second-order valence-electron chi connectivity index (χ2n) is 4.68. The Hall–Kier alpha value is -2.12. The second kappa shape index (κ2) is 10.6. The highest BCUT2D eigenvalue weighted by Crippen LogP contribution is 2.36. The SMILES string of the molecule is CCOC(=O)C(CC)C(C(=O)OCC)(C(=O)OCC)C(=O)OCC. The molecular formula is C16H26O8. The largest absolute Gasteiger partial charge is 0.466 e. The Morgan fingerprint density at radius 3 is 1.25 bits per heavy atom. The molecule has 0 fully saturated rings. The zero-order valence-electron chi connectivity index (χ0n) is 14.9. The third-order valence-corrected chi connectivity index (χ3v) is 3.29. The van der Waals surface area contributed by atoms with E-state index in [4.69, 9.17) is 18.9 Å². The number of carbonyl (C=O) groups is 4. The van der Waals surface area contributed by atoms with Crippen molar-refractivity contribution in [1.29, 1.82) is 0 Å². The predicted octanol–water partition coefficient (Wildman–Crippen LogP) is 1.25. The van der Waals surface area contributed by atoms with E-state index in [9.17, 15) is 19.2 Å². The van der Waals surface area contributed by atoms with Crippen LogP contribution in [0.4, 0.5) is 0 Å². The minimum absolute atomic E-state index is 0.0186. The first kappa shape index (κ1) is 21.9. The van der Waals surface area contributed by atoms with Crippen molar-refractivity contribution >= 4 is 23.9 Å². The van der Waals surface area contributed by atoms with Crippen LogP contribution in [0.15, 0.2) is 0 Å². The first-order valence-corrected chi connectivity index (χ1v) is 8.06. The summed E-state index contributed by atoms with van der Waals surface area (Å²) in [7, 11) is 0. The summed E-state index contributed by atoms with van der Waals surface area (Å²) in [5, 5.41) is 0. The van der Waals surface area contributed by atoms with Gasteiger partial charge >= 0.3 is 23.9 Å². The van der Waals surface area contributed by atoms with Gasteiger partial charge in [-0.2, -0.15) is 0 Å². The zero-order valence-corrected chi connectivity index (χ0v) is 14.9. The lowest BCUT2D eigenvalue weighted by molar-refractivity contribution is -0.194. The van der Waals surface area contributed by atoms with E-state index in [0.29, 0.717) is 0 Å². The van der Waals surface area contributed by atoms with E-state index >= 15 is 0 Å². The maximum Gasteiger partial charge on any atom is 0.336 e. The summed E-state index contributed by atoms with van der Waals surface area (Å²) in [4.78, 5) is 50.0. The molecule has 0 N–H and O–H groups in total. The van der Waals surface area contributed by atoms with E-state index < -0.39 is 35.2 Å². The highest BCUT2D eigenvalue weighted by atomic mass is 16.6. The average Bonchev–Trinajstić information content (AvgIpc) is 2.52. The molecule has 0 heterocycles. The first-order chi connectivity index (χ1) is 11.4. The van der Waals surface area contributed by atoms with Gasteiger partial charge in [0.15, 0.2) is 0 Å². The van der Waals surface area contributed by atoms with E-state index in [0.717, 1.165) is 0 Å². The molecule has 1 atom stereocenters. The second-order valence-corrected chi connectivity index (χ2v) is 4.68. The Labute approximate surface area is 141 Å². The van der Waals surface area contributed by atoms with Crippen molar-refractivity contribution in [3.63, 3.8) is 0 Å². The summed E-state index contributed by atoms with van der Waals surface area (Å²) in [6.07, 6.45) is -0.0186. The number of rotatable bonds is 10. The Balaban J connectivity index is 6.32. The van der Waals surface area contributed by atoms with Crippen molar-refractivity contribution in [1.82, 2.24) is 0 Å². The Bertz CT molecular complexity index is 411. The third-order valence-electron chi connectivity index (χ3n) is 3.29. The molecule has 138 valence electrons. The van der Waals surface area contributed by atoms with Crippen LogP contribution >= 0.6 is 0 Å². The van der Waals surface area contributed by atoms with Crippen LogP contribution in [-0.2, 0) is 38.1 Å². The number of carbonyl (C=O) groups excluding carboxylic acids is 4. The summed E-state index contributed by atoms with van der Waals surface area (Å²) < 4.78 is 19.6. The van der Waals surface area contributed by atoms with Crippen molar-refractivity contribution in [2.75, 3.05) is 26.4 Å². The van der Waals surface area contributed by atoms with Gasteiger partial charge in [-0.25, -0.2) is 0 Å². The monoisotopic (exact) mass is 346 g/mol. The molecule has 0 aliphatic carbocycles. The Morgan fingerprint density at radius 2 is 1.00 bits per heavy atom. The molecule has 0 bridgehead atoms. The lowest BCUT2D eigenvalue weighted by atomic mass is 9.73. The van der Waals surface area contributed by atoms with E-state index in [-0.39, 0.29) is 32.8 Å². The molecule has 0 spiro atoms. The molecule has 0 aliphatic heterocycles. The fraction of sp³-hybridized carbons (Fsp3) is 0.750. The standard InChI is InChI=1S/C16H26O8/c1-6-11(12(17)21-7-2)16(13(18)22-8-3,14(19)23-9-4)15(20)24-10-5/h11H,6-10H2,1-5H3. The Kier molecular flexibility index (Phi) is 9.68. The van der Waals surface area contributed by atoms with Crippen molar-refractivity contribution in [2.45, 2.75) is 41.0 Å². The van der Waals surface area contributed by atoms with Gasteiger partial charge in [-0.3, -0.25) is 19.2 Å². The maximum atomic E-state index is 12.6. The van der Waals surface area contributed by atoms with Crippen molar-refractivity contribution in [3.8, 4) is 0 Å². The topological polar surface area (TPSA) is 105 Å². The molecule has 0 saturated carbocycles. The van der Waals surface area contributed by atoms with Crippen LogP contribution in [0.25, 0.3) is 0 Å². The summed E-state index contributed by atoms with van der Waals surface area (Å²) in [6.45, 7) is 7.45. The molecule has 1 unspecified atom stereocenters. The van der Waals surface area contributed by atoms with Gasteiger partial charge in [0.05, 0.1) is 32.3 Å². The van der Waals surface area contributed by atoms with Gasteiger partial charge in [0.25, 0.3) is 5.41 Å². The summed E-state index contributed by atoms with van der Waals surface area (Å²) in [6, 6.07) is 0. The van der Waals surface area contributed by atoms with Gasteiger partial charge in [-0.15, -0.1) is 0 Å². The van der Waals surface area contributed by atoms with Gasteiger partial charge in [-0.1, -0.05) is 6.92 Å². The third kappa shape index (κ3) is 4.46. The lowest BCUT2D eigenvalue weighted by Crippen LogP contribution is -2.56. The molecule has 0 aromatic carbocycles. The highest BCUT2D eigenvalue weighted by molar-refractivity contribution is 6.20. The maximum absolute atomic E-state index is 12.6. The van der Waals surface area contributed by atoms with Crippen molar-refractivity contribution < 1.29 is 38.1 Å². The molecule has 0 radical (unpaired) electrons. The fourth-order valence-electron chi connectivity index (χ4n) is 2.30. The zero-order chi connectivity index (χ0) is 18.8. The Morgan fingerprint density at radius 1 is 0.667 bits per heavy atom. The predicted molar refractivity (Wildman–Crippen MR) is 82.7 cm³/mol. The molecule has 8 heteroatoms.